The number of carbonyl (C=O) groups is 1. The average Bonchev–Trinajstić information content (AvgIpc) is 3.32. The molecule has 28 heavy (non-hydrogen) atoms. The number of allylic oxidation sites excluding steroid dienone is 2. The topological polar surface area (TPSA) is 87.3 Å². The van der Waals surface area contributed by atoms with Crippen molar-refractivity contribution >= 4 is 21.5 Å². The summed E-state index contributed by atoms with van der Waals surface area (Å²) in [6, 6.07) is 3.74. The van der Waals surface area contributed by atoms with Crippen LogP contribution in [-0.2, 0) is 10.0 Å². The van der Waals surface area contributed by atoms with Crippen molar-refractivity contribution in [3.8, 4) is 0 Å². The maximum absolute atomic E-state index is 14.4. The Bertz CT molecular complexity index is 1020. The molecule has 6 nitrogen and oxygen atoms in total. The molecule has 2 heterocycles. The molecule has 1 unspecified atom stereocenters. The third kappa shape index (κ3) is 3.44. The number of carbonyl (C=O) groups excluding carboxylic acids is 1. The lowest BCUT2D eigenvalue weighted by Crippen LogP contribution is -2.36. The van der Waals surface area contributed by atoms with Crippen LogP contribution in [0.15, 0.2) is 53.4 Å². The molecule has 0 bridgehead atoms. The second-order valence-electron chi connectivity index (χ2n) is 7.39. The number of nitrogens with one attached hydrogen (secondary N) is 3. The van der Waals surface area contributed by atoms with Gasteiger partial charge in [-0.25, -0.2) is 12.8 Å². The highest BCUT2D eigenvalue weighted by Gasteiger charge is 2.32. The number of rotatable bonds is 5. The van der Waals surface area contributed by atoms with Gasteiger partial charge in [-0.3, -0.25) is 9.52 Å². The minimum atomic E-state index is -3.55. The van der Waals surface area contributed by atoms with E-state index in [0.717, 1.165) is 30.1 Å². The van der Waals surface area contributed by atoms with E-state index in [1.54, 1.807) is 6.20 Å². The summed E-state index contributed by atoms with van der Waals surface area (Å²) in [7, 11) is -3.55. The van der Waals surface area contributed by atoms with Gasteiger partial charge in [-0.15, -0.1) is 0 Å². The number of benzene rings is 1. The summed E-state index contributed by atoms with van der Waals surface area (Å²) in [4.78, 5) is 13.0. The minimum Gasteiger partial charge on any atom is -0.367 e. The van der Waals surface area contributed by atoms with Gasteiger partial charge in [0.1, 0.15) is 12.0 Å². The molecule has 8 heteroatoms. The van der Waals surface area contributed by atoms with E-state index in [2.05, 4.69) is 15.4 Å². The molecule has 1 aromatic rings. The van der Waals surface area contributed by atoms with Gasteiger partial charge in [0.15, 0.2) is 5.78 Å². The lowest BCUT2D eigenvalue weighted by Gasteiger charge is -2.20. The van der Waals surface area contributed by atoms with Gasteiger partial charge in [-0.05, 0) is 49.6 Å². The monoisotopic (exact) mass is 403 g/mol. The number of sulfonamides is 1. The van der Waals surface area contributed by atoms with E-state index in [9.17, 15) is 17.6 Å². The number of halogens is 1. The first-order valence-electron chi connectivity index (χ1n) is 9.32. The van der Waals surface area contributed by atoms with E-state index in [1.807, 2.05) is 19.2 Å². The zero-order chi connectivity index (χ0) is 19.9. The van der Waals surface area contributed by atoms with Crippen molar-refractivity contribution in [1.82, 2.24) is 10.6 Å². The smallest absolute Gasteiger partial charge is 0.235 e. The van der Waals surface area contributed by atoms with Crippen LogP contribution in [0, 0.1) is 5.82 Å². The maximum Gasteiger partial charge on any atom is 0.235 e. The Kier molecular flexibility index (Phi) is 4.74. The number of ketones is 1. The van der Waals surface area contributed by atoms with Crippen molar-refractivity contribution in [2.75, 3.05) is 4.72 Å². The molecule has 1 atom stereocenters. The Morgan fingerprint density at radius 2 is 1.89 bits per heavy atom. The zero-order valence-corrected chi connectivity index (χ0v) is 16.3. The predicted molar refractivity (Wildman–Crippen MR) is 106 cm³/mol. The number of anilines is 1. The summed E-state index contributed by atoms with van der Waals surface area (Å²) in [5, 5.41) is 5.74. The first-order chi connectivity index (χ1) is 13.3. The molecule has 0 saturated heterocycles. The fourth-order valence-corrected chi connectivity index (χ4v) is 5.42. The first-order valence-corrected chi connectivity index (χ1v) is 10.9. The van der Waals surface area contributed by atoms with E-state index in [0.29, 0.717) is 18.4 Å². The van der Waals surface area contributed by atoms with Crippen molar-refractivity contribution < 1.29 is 17.6 Å². The summed E-state index contributed by atoms with van der Waals surface area (Å²) in [6.07, 6.45) is 8.06. The van der Waals surface area contributed by atoms with Gasteiger partial charge in [0, 0.05) is 29.2 Å². The number of hydrogen-bond donors (Lipinski definition) is 3. The predicted octanol–water partition coefficient (Wildman–Crippen LogP) is 2.94. The summed E-state index contributed by atoms with van der Waals surface area (Å²) >= 11 is 0. The number of dihydropyridines is 1. The Morgan fingerprint density at radius 1 is 1.18 bits per heavy atom. The fraction of sp³-hybridized carbons (Fsp3) is 0.350. The molecule has 1 saturated carbocycles. The third-order valence-electron chi connectivity index (χ3n) is 5.33. The molecule has 0 aromatic heterocycles. The Labute approximate surface area is 163 Å². The highest BCUT2D eigenvalue weighted by Crippen LogP contribution is 2.30. The summed E-state index contributed by atoms with van der Waals surface area (Å²) in [5.74, 6) is -1.17. The molecule has 148 valence electrons. The zero-order valence-electron chi connectivity index (χ0n) is 15.5. The van der Waals surface area contributed by atoms with Crippen LogP contribution < -0.4 is 15.4 Å². The van der Waals surface area contributed by atoms with E-state index in [-0.39, 0.29) is 17.4 Å². The van der Waals surface area contributed by atoms with Crippen LogP contribution in [0.25, 0.3) is 0 Å². The lowest BCUT2D eigenvalue weighted by molar-refractivity contribution is 0.103. The molecular formula is C20H22FN3O3S. The summed E-state index contributed by atoms with van der Waals surface area (Å²) in [5.41, 5.74) is 2.09. The van der Waals surface area contributed by atoms with Crippen LogP contribution in [0.2, 0.25) is 0 Å². The normalized spacial score (nSPS) is 21.8. The number of hydrogen-bond acceptors (Lipinski definition) is 5. The molecule has 4 rings (SSSR count). The Hall–Kier alpha value is -2.61. The first kappa shape index (κ1) is 18.7. The molecule has 1 aliphatic carbocycles. The molecule has 3 aliphatic rings. The van der Waals surface area contributed by atoms with Crippen molar-refractivity contribution in [3.63, 3.8) is 0 Å². The molecule has 0 radical (unpaired) electrons. The largest absolute Gasteiger partial charge is 0.367 e. The molecule has 2 aliphatic heterocycles. The van der Waals surface area contributed by atoms with Gasteiger partial charge in [0.2, 0.25) is 10.0 Å². The second-order valence-corrected chi connectivity index (χ2v) is 9.35. The maximum atomic E-state index is 14.4. The van der Waals surface area contributed by atoms with Crippen LogP contribution in [-0.4, -0.2) is 25.6 Å². The van der Waals surface area contributed by atoms with Crippen LogP contribution in [0.5, 0.6) is 0 Å². The van der Waals surface area contributed by atoms with Gasteiger partial charge in [0.05, 0.1) is 10.8 Å². The van der Waals surface area contributed by atoms with Crippen molar-refractivity contribution in [2.24, 2.45) is 0 Å². The molecular weight excluding hydrogens is 381 g/mol. The van der Waals surface area contributed by atoms with Gasteiger partial charge < -0.3 is 10.6 Å². The standard InChI is InChI=1S/C20H22FN3O3S/c1-12-8-15-17(11-23-20(15)22-10-12)19(25)16-9-13(6-7-18(16)21)24-28(26,27)14-4-2-3-5-14/h6-11,14,20,22-24H,2-5H2,1H3. The van der Waals surface area contributed by atoms with Crippen LogP contribution >= 0.6 is 0 Å². The van der Waals surface area contributed by atoms with Crippen LogP contribution in [0.4, 0.5) is 10.1 Å². The van der Waals surface area contributed by atoms with Crippen molar-refractivity contribution in [1.29, 1.82) is 0 Å². The van der Waals surface area contributed by atoms with E-state index in [1.165, 1.54) is 12.1 Å². The molecule has 0 amide bonds. The minimum absolute atomic E-state index is 0.159. The Morgan fingerprint density at radius 3 is 2.64 bits per heavy atom. The van der Waals surface area contributed by atoms with Gasteiger partial charge >= 0.3 is 0 Å². The van der Waals surface area contributed by atoms with Gasteiger partial charge in [0.25, 0.3) is 0 Å². The SMILES string of the molecule is CC1=CNC2NC=C(C(=O)c3cc(NS(=O)(=O)C4CCCC4)ccc3F)C2=C1. The third-order valence-corrected chi connectivity index (χ3v) is 7.20. The van der Waals surface area contributed by atoms with Crippen LogP contribution in [0.3, 0.4) is 0 Å². The number of Topliss-reactive ketones (excluding diaryl/α,β-unsaturated/α-hetero) is 1. The van der Waals surface area contributed by atoms with Crippen LogP contribution in [0.1, 0.15) is 43.0 Å². The van der Waals surface area contributed by atoms with Crippen molar-refractivity contribution in [2.45, 2.75) is 44.0 Å². The van der Waals surface area contributed by atoms with E-state index in [4.69, 9.17) is 0 Å². The summed E-state index contributed by atoms with van der Waals surface area (Å²) in [6.45, 7) is 1.90. The van der Waals surface area contributed by atoms with Gasteiger partial charge in [-0.1, -0.05) is 12.8 Å². The van der Waals surface area contributed by atoms with E-state index >= 15 is 0 Å². The van der Waals surface area contributed by atoms with E-state index < -0.39 is 26.9 Å². The Balaban J connectivity index is 1.61. The highest BCUT2D eigenvalue weighted by molar-refractivity contribution is 7.93. The molecule has 0 spiro atoms. The average molecular weight is 403 g/mol. The van der Waals surface area contributed by atoms with Gasteiger partial charge in [-0.2, -0.15) is 0 Å². The quantitative estimate of drug-likeness (QED) is 0.658. The highest BCUT2D eigenvalue weighted by atomic mass is 32.2. The molecule has 1 aromatic carbocycles. The lowest BCUT2D eigenvalue weighted by atomic mass is 9.94. The molecule has 3 N–H and O–H groups in total. The summed E-state index contributed by atoms with van der Waals surface area (Å²) < 4.78 is 42.0. The second kappa shape index (κ2) is 7.09. The fourth-order valence-electron chi connectivity index (χ4n) is 3.85. The van der Waals surface area contributed by atoms with Crippen molar-refractivity contribution in [3.05, 3.63) is 64.8 Å². The number of fused-ring (bicyclic) bond motifs is 1. The molecule has 1 fully saturated rings.